The fraction of sp³-hybridized carbons (Fsp3) is 0.235. The number of hydrogen-bond donors (Lipinski definition) is 1. The molecule has 1 aromatic carbocycles. The van der Waals surface area contributed by atoms with Crippen LogP contribution in [0.5, 0.6) is 11.5 Å². The van der Waals surface area contributed by atoms with Gasteiger partial charge in [-0.25, -0.2) is 0 Å². The molecule has 1 atom stereocenters. The van der Waals surface area contributed by atoms with Crippen molar-refractivity contribution in [2.45, 2.75) is 13.0 Å². The summed E-state index contributed by atoms with van der Waals surface area (Å²) in [7, 11) is 3.14. The lowest BCUT2D eigenvalue weighted by molar-refractivity contribution is -0.117. The van der Waals surface area contributed by atoms with E-state index in [1.54, 1.807) is 38.7 Å². The summed E-state index contributed by atoms with van der Waals surface area (Å²) >= 11 is 0. The fourth-order valence-electron chi connectivity index (χ4n) is 2.08. The van der Waals surface area contributed by atoms with E-state index >= 15 is 0 Å². The summed E-state index contributed by atoms with van der Waals surface area (Å²) in [5.74, 6) is 1.71. The van der Waals surface area contributed by atoms with Gasteiger partial charge in [0.25, 0.3) is 0 Å². The Morgan fingerprint density at radius 3 is 2.68 bits per heavy atom. The third kappa shape index (κ3) is 3.69. The van der Waals surface area contributed by atoms with Gasteiger partial charge in [0.1, 0.15) is 5.76 Å². The van der Waals surface area contributed by atoms with Crippen molar-refractivity contribution in [1.82, 2.24) is 5.32 Å². The van der Waals surface area contributed by atoms with E-state index in [1.165, 1.54) is 6.08 Å². The molecule has 0 fully saturated rings. The summed E-state index contributed by atoms with van der Waals surface area (Å²) in [4.78, 5) is 12.0. The average Bonchev–Trinajstić information content (AvgIpc) is 3.06. The van der Waals surface area contributed by atoms with Crippen molar-refractivity contribution in [2.75, 3.05) is 14.2 Å². The Morgan fingerprint density at radius 2 is 2.05 bits per heavy atom. The van der Waals surface area contributed by atoms with E-state index in [0.29, 0.717) is 17.3 Å². The maximum Gasteiger partial charge on any atom is 0.244 e. The van der Waals surface area contributed by atoms with Gasteiger partial charge in [0, 0.05) is 11.6 Å². The number of para-hydroxylation sites is 1. The van der Waals surface area contributed by atoms with Crippen LogP contribution in [0.4, 0.5) is 0 Å². The average molecular weight is 301 g/mol. The Kier molecular flexibility index (Phi) is 5.25. The Morgan fingerprint density at radius 1 is 1.23 bits per heavy atom. The topological polar surface area (TPSA) is 60.7 Å². The molecule has 5 heteroatoms. The summed E-state index contributed by atoms with van der Waals surface area (Å²) in [6.07, 6.45) is 4.72. The predicted octanol–water partition coefficient (Wildman–Crippen LogP) is 3.19. The molecule has 0 aliphatic carbocycles. The number of furan rings is 1. The van der Waals surface area contributed by atoms with Gasteiger partial charge in [-0.3, -0.25) is 4.79 Å². The minimum atomic E-state index is -0.214. The molecule has 0 aliphatic rings. The molecule has 0 bridgehead atoms. The van der Waals surface area contributed by atoms with E-state index in [4.69, 9.17) is 13.9 Å². The molecule has 0 aliphatic heterocycles. The monoisotopic (exact) mass is 301 g/mol. The van der Waals surface area contributed by atoms with Gasteiger partial charge in [-0.1, -0.05) is 12.1 Å². The molecule has 1 amide bonds. The van der Waals surface area contributed by atoms with Gasteiger partial charge >= 0.3 is 0 Å². The maximum atomic E-state index is 12.0. The first kappa shape index (κ1) is 15.7. The summed E-state index contributed by atoms with van der Waals surface area (Å²) < 4.78 is 15.8. The molecule has 2 rings (SSSR count). The van der Waals surface area contributed by atoms with Crippen molar-refractivity contribution in [3.63, 3.8) is 0 Å². The minimum Gasteiger partial charge on any atom is -0.493 e. The van der Waals surface area contributed by atoms with Gasteiger partial charge in [-0.2, -0.15) is 0 Å². The molecule has 1 heterocycles. The second kappa shape index (κ2) is 7.36. The van der Waals surface area contributed by atoms with E-state index in [0.717, 1.165) is 5.56 Å². The summed E-state index contributed by atoms with van der Waals surface area (Å²) in [6, 6.07) is 8.90. The van der Waals surface area contributed by atoms with Crippen LogP contribution in [-0.4, -0.2) is 20.1 Å². The fourth-order valence-corrected chi connectivity index (χ4v) is 2.08. The Balaban J connectivity index is 2.07. The van der Waals surface area contributed by atoms with Crippen molar-refractivity contribution < 1.29 is 18.7 Å². The van der Waals surface area contributed by atoms with Gasteiger partial charge in [0.2, 0.25) is 5.91 Å². The highest BCUT2D eigenvalue weighted by Crippen LogP contribution is 2.31. The molecule has 1 aromatic heterocycles. The Labute approximate surface area is 129 Å². The highest BCUT2D eigenvalue weighted by atomic mass is 16.5. The lowest BCUT2D eigenvalue weighted by atomic mass is 10.1. The summed E-state index contributed by atoms with van der Waals surface area (Å²) in [6.45, 7) is 1.86. The molecule has 0 spiro atoms. The normalized spacial score (nSPS) is 12.1. The smallest absolute Gasteiger partial charge is 0.244 e. The van der Waals surface area contributed by atoms with Crippen LogP contribution in [0.1, 0.15) is 24.3 Å². The van der Waals surface area contributed by atoms with Crippen molar-refractivity contribution in [3.05, 3.63) is 54.0 Å². The largest absolute Gasteiger partial charge is 0.493 e. The van der Waals surface area contributed by atoms with E-state index in [2.05, 4.69) is 5.32 Å². The lowest BCUT2D eigenvalue weighted by Gasteiger charge is -2.11. The molecule has 0 saturated carbocycles. The number of nitrogens with one attached hydrogen (secondary N) is 1. The van der Waals surface area contributed by atoms with Crippen LogP contribution in [0, 0.1) is 0 Å². The van der Waals surface area contributed by atoms with Gasteiger partial charge in [-0.05, 0) is 31.2 Å². The van der Waals surface area contributed by atoms with Crippen molar-refractivity contribution >= 4 is 12.0 Å². The van der Waals surface area contributed by atoms with Gasteiger partial charge in [0.15, 0.2) is 11.5 Å². The van der Waals surface area contributed by atoms with Crippen molar-refractivity contribution in [1.29, 1.82) is 0 Å². The van der Waals surface area contributed by atoms with Crippen LogP contribution in [-0.2, 0) is 4.79 Å². The van der Waals surface area contributed by atoms with Crippen LogP contribution in [0.3, 0.4) is 0 Å². The van der Waals surface area contributed by atoms with Crippen LogP contribution in [0.15, 0.2) is 47.1 Å². The number of carbonyl (C=O) groups excluding carboxylic acids is 1. The summed E-state index contributed by atoms with van der Waals surface area (Å²) in [5, 5.41) is 2.83. The molecule has 2 aromatic rings. The van der Waals surface area contributed by atoms with Crippen LogP contribution >= 0.6 is 0 Å². The van der Waals surface area contributed by atoms with E-state index in [9.17, 15) is 4.79 Å². The minimum absolute atomic E-state index is 0.195. The first-order chi connectivity index (χ1) is 10.7. The van der Waals surface area contributed by atoms with E-state index in [-0.39, 0.29) is 11.9 Å². The van der Waals surface area contributed by atoms with Crippen LogP contribution < -0.4 is 14.8 Å². The molecule has 22 heavy (non-hydrogen) atoms. The zero-order valence-electron chi connectivity index (χ0n) is 12.8. The van der Waals surface area contributed by atoms with E-state index in [1.807, 2.05) is 25.1 Å². The second-order valence-corrected chi connectivity index (χ2v) is 4.66. The standard InChI is InChI=1S/C17H19NO4/c1-12(14-8-5-11-22-14)18-16(19)10-9-13-6-4-7-15(20-2)17(13)21-3/h4-12H,1-3H3,(H,18,19)/b10-9+/t12-/m1/s1. The third-order valence-electron chi connectivity index (χ3n) is 3.18. The molecule has 0 radical (unpaired) electrons. The quantitative estimate of drug-likeness (QED) is 0.832. The molecular weight excluding hydrogens is 282 g/mol. The van der Waals surface area contributed by atoms with E-state index < -0.39 is 0 Å². The number of methoxy groups -OCH3 is 2. The second-order valence-electron chi connectivity index (χ2n) is 4.66. The predicted molar refractivity (Wildman–Crippen MR) is 83.8 cm³/mol. The number of rotatable bonds is 6. The van der Waals surface area contributed by atoms with Gasteiger partial charge in [-0.15, -0.1) is 0 Å². The highest BCUT2D eigenvalue weighted by molar-refractivity contribution is 5.92. The highest BCUT2D eigenvalue weighted by Gasteiger charge is 2.10. The molecule has 116 valence electrons. The Bertz CT molecular complexity index is 647. The van der Waals surface area contributed by atoms with Gasteiger partial charge < -0.3 is 19.2 Å². The molecular formula is C17H19NO4. The SMILES string of the molecule is COc1cccc(/C=C/C(=O)N[C@H](C)c2ccco2)c1OC. The Hall–Kier alpha value is -2.69. The lowest BCUT2D eigenvalue weighted by Crippen LogP contribution is -2.24. The number of hydrogen-bond acceptors (Lipinski definition) is 4. The number of carbonyl (C=O) groups is 1. The number of ether oxygens (including phenoxy) is 2. The molecule has 0 unspecified atom stereocenters. The van der Waals surface area contributed by atoms with Crippen LogP contribution in [0.2, 0.25) is 0 Å². The van der Waals surface area contributed by atoms with Crippen LogP contribution in [0.25, 0.3) is 6.08 Å². The first-order valence-electron chi connectivity index (χ1n) is 6.88. The van der Waals surface area contributed by atoms with Crippen molar-refractivity contribution in [3.8, 4) is 11.5 Å². The maximum absolute atomic E-state index is 12.0. The summed E-state index contributed by atoms with van der Waals surface area (Å²) in [5.41, 5.74) is 0.766. The molecule has 5 nitrogen and oxygen atoms in total. The first-order valence-corrected chi connectivity index (χ1v) is 6.88. The number of amides is 1. The zero-order valence-corrected chi connectivity index (χ0v) is 12.8. The zero-order chi connectivity index (χ0) is 15.9. The third-order valence-corrected chi connectivity index (χ3v) is 3.18. The molecule has 0 saturated heterocycles. The number of benzene rings is 1. The van der Waals surface area contributed by atoms with Crippen molar-refractivity contribution in [2.24, 2.45) is 0 Å². The molecule has 1 N–H and O–H groups in total. The van der Waals surface area contributed by atoms with Gasteiger partial charge in [0.05, 0.1) is 26.5 Å².